The summed E-state index contributed by atoms with van der Waals surface area (Å²) in [7, 11) is 0. The van der Waals surface area contributed by atoms with Crippen LogP contribution in [0.25, 0.3) is 0 Å². The molecule has 2 N–H and O–H groups in total. The highest BCUT2D eigenvalue weighted by molar-refractivity contribution is 7.12. The van der Waals surface area contributed by atoms with E-state index in [1.165, 1.54) is 30.4 Å². The van der Waals surface area contributed by atoms with E-state index in [9.17, 15) is 19.2 Å². The molecule has 0 atom stereocenters. The number of Topliss-reactive ketones (excluding diaryl/α,β-unsaturated/α-hetero) is 1. The van der Waals surface area contributed by atoms with Gasteiger partial charge in [0, 0.05) is 23.9 Å². The van der Waals surface area contributed by atoms with Crippen molar-refractivity contribution >= 4 is 46.3 Å². The summed E-state index contributed by atoms with van der Waals surface area (Å²) in [6.07, 6.45) is 0. The maximum Gasteiger partial charge on any atom is 0.338 e. The number of amides is 2. The summed E-state index contributed by atoms with van der Waals surface area (Å²) in [5.74, 6) is -1.44. The second-order valence-corrected chi connectivity index (χ2v) is 7.21. The van der Waals surface area contributed by atoms with Crippen molar-refractivity contribution < 1.29 is 23.9 Å². The van der Waals surface area contributed by atoms with Crippen LogP contribution in [0.1, 0.15) is 37.3 Å². The molecule has 0 saturated carbocycles. The molecule has 0 bridgehead atoms. The minimum absolute atomic E-state index is 0.208. The number of ether oxygens (including phenoxy) is 1. The van der Waals surface area contributed by atoms with Crippen LogP contribution in [0.2, 0.25) is 0 Å². The number of anilines is 2. The molecule has 0 unspecified atom stereocenters. The smallest absolute Gasteiger partial charge is 0.338 e. The van der Waals surface area contributed by atoms with Crippen LogP contribution < -0.4 is 10.6 Å². The van der Waals surface area contributed by atoms with Crippen molar-refractivity contribution in [2.45, 2.75) is 6.92 Å². The number of ketones is 1. The lowest BCUT2D eigenvalue weighted by atomic mass is 10.1. The van der Waals surface area contributed by atoms with Gasteiger partial charge in [0.15, 0.2) is 12.4 Å². The highest BCUT2D eigenvalue weighted by Crippen LogP contribution is 2.15. The summed E-state index contributed by atoms with van der Waals surface area (Å²) in [6.45, 7) is 0.984. The third-order valence-corrected chi connectivity index (χ3v) is 4.85. The zero-order valence-electron chi connectivity index (χ0n) is 16.0. The molecular formula is C22H18N2O5S. The fraction of sp³-hybridized carbons (Fsp3) is 0.0909. The molecule has 2 amide bonds. The second-order valence-electron chi connectivity index (χ2n) is 6.27. The number of hydrogen-bond donors (Lipinski definition) is 2. The Morgan fingerprint density at radius 1 is 0.833 bits per heavy atom. The zero-order valence-corrected chi connectivity index (χ0v) is 16.8. The van der Waals surface area contributed by atoms with Crippen LogP contribution in [0.4, 0.5) is 11.4 Å². The Balaban J connectivity index is 1.52. The largest absolute Gasteiger partial charge is 0.454 e. The molecule has 8 heteroatoms. The molecule has 152 valence electrons. The van der Waals surface area contributed by atoms with Gasteiger partial charge in [-0.3, -0.25) is 14.4 Å². The lowest BCUT2D eigenvalue weighted by Gasteiger charge is -2.07. The Kier molecular flexibility index (Phi) is 6.71. The lowest BCUT2D eigenvalue weighted by Crippen LogP contribution is -2.15. The number of rotatable bonds is 7. The maximum atomic E-state index is 12.2. The molecular weight excluding hydrogens is 404 g/mol. The standard InChI is InChI=1S/C22H18N2O5S/c1-14(25)23-17-8-4-15(5-9-17)19(26)13-29-22(28)16-6-10-18(11-7-16)24-21(27)20-3-2-12-30-20/h2-12H,13H2,1H3,(H,23,25)(H,24,27). The molecule has 7 nitrogen and oxygen atoms in total. The van der Waals surface area contributed by atoms with Gasteiger partial charge in [0.1, 0.15) is 0 Å². The second kappa shape index (κ2) is 9.62. The first-order valence-electron chi connectivity index (χ1n) is 8.95. The average molecular weight is 422 g/mol. The normalized spacial score (nSPS) is 10.2. The van der Waals surface area contributed by atoms with Gasteiger partial charge in [-0.2, -0.15) is 0 Å². The minimum atomic E-state index is -0.644. The summed E-state index contributed by atoms with van der Waals surface area (Å²) in [6, 6.07) is 16.0. The van der Waals surface area contributed by atoms with E-state index in [0.29, 0.717) is 21.8 Å². The highest BCUT2D eigenvalue weighted by atomic mass is 32.1. The molecule has 0 aliphatic carbocycles. The third kappa shape index (κ3) is 5.62. The zero-order chi connectivity index (χ0) is 21.5. The summed E-state index contributed by atoms with van der Waals surface area (Å²) in [5, 5.41) is 7.16. The van der Waals surface area contributed by atoms with Gasteiger partial charge in [0.05, 0.1) is 10.4 Å². The van der Waals surface area contributed by atoms with E-state index >= 15 is 0 Å². The summed E-state index contributed by atoms with van der Waals surface area (Å²) in [4.78, 5) is 48.0. The minimum Gasteiger partial charge on any atom is -0.454 e. The van der Waals surface area contributed by atoms with Crippen LogP contribution in [0.5, 0.6) is 0 Å². The predicted octanol–water partition coefficient (Wildman–Crippen LogP) is 4.00. The molecule has 0 fully saturated rings. The fourth-order valence-corrected chi connectivity index (χ4v) is 3.15. The Labute approximate surface area is 176 Å². The molecule has 0 spiro atoms. The highest BCUT2D eigenvalue weighted by Gasteiger charge is 2.13. The van der Waals surface area contributed by atoms with Gasteiger partial charge in [-0.25, -0.2) is 4.79 Å². The molecule has 1 aromatic heterocycles. The first kappa shape index (κ1) is 20.9. The summed E-state index contributed by atoms with van der Waals surface area (Å²) in [5.41, 5.74) is 1.74. The van der Waals surface area contributed by atoms with Crippen LogP contribution in [0.15, 0.2) is 66.0 Å². The number of thiophene rings is 1. The van der Waals surface area contributed by atoms with E-state index in [4.69, 9.17) is 4.74 Å². The van der Waals surface area contributed by atoms with Gasteiger partial charge in [-0.1, -0.05) is 6.07 Å². The van der Waals surface area contributed by atoms with Crippen molar-refractivity contribution in [3.05, 3.63) is 82.0 Å². The number of esters is 1. The van der Waals surface area contributed by atoms with Crippen molar-refractivity contribution in [3.63, 3.8) is 0 Å². The van der Waals surface area contributed by atoms with Crippen LogP contribution in [-0.2, 0) is 9.53 Å². The number of nitrogens with one attached hydrogen (secondary N) is 2. The predicted molar refractivity (Wildman–Crippen MR) is 114 cm³/mol. The van der Waals surface area contributed by atoms with Gasteiger partial charge in [0.2, 0.25) is 5.91 Å². The van der Waals surface area contributed by atoms with E-state index < -0.39 is 12.6 Å². The Morgan fingerprint density at radius 3 is 2.00 bits per heavy atom. The van der Waals surface area contributed by atoms with E-state index in [0.717, 1.165) is 0 Å². The molecule has 2 aromatic carbocycles. The van der Waals surface area contributed by atoms with Gasteiger partial charge < -0.3 is 15.4 Å². The van der Waals surface area contributed by atoms with Crippen LogP contribution in [-0.4, -0.2) is 30.2 Å². The molecule has 0 aliphatic rings. The number of hydrogen-bond acceptors (Lipinski definition) is 6. The van der Waals surface area contributed by atoms with Crippen molar-refractivity contribution in [1.29, 1.82) is 0 Å². The van der Waals surface area contributed by atoms with Gasteiger partial charge in [0.25, 0.3) is 5.91 Å². The van der Waals surface area contributed by atoms with Gasteiger partial charge in [-0.15, -0.1) is 11.3 Å². The van der Waals surface area contributed by atoms with E-state index in [1.807, 2.05) is 5.38 Å². The average Bonchev–Trinajstić information content (AvgIpc) is 3.27. The van der Waals surface area contributed by atoms with Crippen molar-refractivity contribution in [3.8, 4) is 0 Å². The molecule has 30 heavy (non-hydrogen) atoms. The molecule has 3 aromatic rings. The topological polar surface area (TPSA) is 102 Å². The van der Waals surface area contributed by atoms with Crippen molar-refractivity contribution in [2.24, 2.45) is 0 Å². The fourth-order valence-electron chi connectivity index (χ4n) is 2.53. The lowest BCUT2D eigenvalue weighted by molar-refractivity contribution is -0.114. The first-order valence-corrected chi connectivity index (χ1v) is 9.83. The van der Waals surface area contributed by atoms with Crippen LogP contribution in [0, 0.1) is 0 Å². The first-order chi connectivity index (χ1) is 14.4. The number of carbonyl (C=O) groups excluding carboxylic acids is 4. The number of carbonyl (C=O) groups is 4. The van der Waals surface area contributed by atoms with Gasteiger partial charge in [-0.05, 0) is 60.0 Å². The van der Waals surface area contributed by atoms with Crippen molar-refractivity contribution in [1.82, 2.24) is 0 Å². The molecule has 0 aliphatic heterocycles. The van der Waals surface area contributed by atoms with E-state index in [2.05, 4.69) is 10.6 Å². The Bertz CT molecular complexity index is 1060. The molecule has 0 radical (unpaired) electrons. The van der Waals surface area contributed by atoms with Crippen LogP contribution >= 0.6 is 11.3 Å². The number of benzene rings is 2. The third-order valence-electron chi connectivity index (χ3n) is 3.99. The van der Waals surface area contributed by atoms with Crippen LogP contribution in [0.3, 0.4) is 0 Å². The van der Waals surface area contributed by atoms with E-state index in [-0.39, 0.29) is 23.2 Å². The summed E-state index contributed by atoms with van der Waals surface area (Å²) >= 11 is 1.33. The molecule has 3 rings (SSSR count). The molecule has 0 saturated heterocycles. The van der Waals surface area contributed by atoms with Crippen molar-refractivity contribution in [2.75, 3.05) is 17.2 Å². The Morgan fingerprint density at radius 2 is 1.43 bits per heavy atom. The monoisotopic (exact) mass is 422 g/mol. The summed E-state index contributed by atoms with van der Waals surface area (Å²) < 4.78 is 5.08. The SMILES string of the molecule is CC(=O)Nc1ccc(C(=O)COC(=O)c2ccc(NC(=O)c3cccs3)cc2)cc1. The van der Waals surface area contributed by atoms with Gasteiger partial charge >= 0.3 is 5.97 Å². The van der Waals surface area contributed by atoms with E-state index in [1.54, 1.807) is 48.5 Å². The maximum absolute atomic E-state index is 12.2. The quantitative estimate of drug-likeness (QED) is 0.443. The Hall–Kier alpha value is -3.78. The molecule has 1 heterocycles.